The predicted octanol–water partition coefficient (Wildman–Crippen LogP) is 4.57. The fraction of sp³-hybridized carbons (Fsp3) is 0.241. The van der Waals surface area contributed by atoms with Crippen LogP contribution in [0.15, 0.2) is 72.9 Å². The molecule has 0 fully saturated rings. The third kappa shape index (κ3) is 5.35. The molecule has 36 heavy (non-hydrogen) atoms. The van der Waals surface area contributed by atoms with Crippen LogP contribution in [0.4, 0.5) is 0 Å². The van der Waals surface area contributed by atoms with E-state index in [2.05, 4.69) is 11.4 Å². The number of fused-ring (bicyclic) bond motifs is 1. The van der Waals surface area contributed by atoms with Gasteiger partial charge < -0.3 is 24.5 Å². The summed E-state index contributed by atoms with van der Waals surface area (Å²) in [7, 11) is 1.61. The van der Waals surface area contributed by atoms with Gasteiger partial charge in [-0.25, -0.2) is 0 Å². The number of carbonyl (C=O) groups is 1. The van der Waals surface area contributed by atoms with Crippen LogP contribution in [0.2, 0.25) is 0 Å². The lowest BCUT2D eigenvalue weighted by molar-refractivity contribution is 0.0913. The van der Waals surface area contributed by atoms with Gasteiger partial charge in [0.2, 0.25) is 0 Å². The van der Waals surface area contributed by atoms with E-state index >= 15 is 0 Å². The number of amides is 1. The van der Waals surface area contributed by atoms with Crippen molar-refractivity contribution in [2.45, 2.75) is 25.9 Å². The first-order valence-electron chi connectivity index (χ1n) is 11.8. The van der Waals surface area contributed by atoms with Gasteiger partial charge in [-0.3, -0.25) is 4.79 Å². The van der Waals surface area contributed by atoms with Crippen LogP contribution < -0.4 is 14.8 Å². The zero-order chi connectivity index (χ0) is 25.5. The van der Waals surface area contributed by atoms with Crippen LogP contribution in [-0.2, 0) is 13.0 Å². The van der Waals surface area contributed by atoms with Crippen molar-refractivity contribution in [1.82, 2.24) is 9.88 Å². The number of nitrogens with one attached hydrogen (secondary N) is 1. The maximum atomic E-state index is 13.4. The quantitative estimate of drug-likeness (QED) is 0.344. The second-order valence-corrected chi connectivity index (χ2v) is 8.39. The highest BCUT2D eigenvalue weighted by molar-refractivity contribution is 5.98. The first-order chi connectivity index (χ1) is 17.6. The van der Waals surface area contributed by atoms with E-state index in [1.165, 1.54) is 0 Å². The van der Waals surface area contributed by atoms with Gasteiger partial charge in [0.05, 0.1) is 38.0 Å². The highest BCUT2D eigenvalue weighted by Crippen LogP contribution is 2.29. The molecule has 0 aliphatic rings. The van der Waals surface area contributed by atoms with Crippen LogP contribution in [-0.4, -0.2) is 41.9 Å². The van der Waals surface area contributed by atoms with Crippen LogP contribution in [0.1, 0.15) is 22.8 Å². The number of aliphatic hydroxyl groups is 1. The molecule has 1 heterocycles. The molecule has 0 aliphatic heterocycles. The highest BCUT2D eigenvalue weighted by Gasteiger charge is 2.20. The number of nitriles is 1. The smallest absolute Gasteiger partial charge is 0.255 e. The van der Waals surface area contributed by atoms with E-state index < -0.39 is 6.04 Å². The lowest BCUT2D eigenvalue weighted by atomic mass is 10.0. The van der Waals surface area contributed by atoms with Gasteiger partial charge in [0.1, 0.15) is 18.0 Å². The molecule has 0 spiro atoms. The summed E-state index contributed by atoms with van der Waals surface area (Å²) in [6.07, 6.45) is 2.33. The maximum absolute atomic E-state index is 13.4. The van der Waals surface area contributed by atoms with E-state index in [0.29, 0.717) is 24.3 Å². The molecule has 4 aromatic rings. The molecule has 0 aliphatic carbocycles. The molecule has 1 amide bonds. The third-order valence-corrected chi connectivity index (χ3v) is 6.06. The van der Waals surface area contributed by atoms with Crippen molar-refractivity contribution in [3.8, 4) is 28.7 Å². The van der Waals surface area contributed by atoms with Gasteiger partial charge in [-0.05, 0) is 60.4 Å². The summed E-state index contributed by atoms with van der Waals surface area (Å²) in [5.41, 5.74) is 4.05. The van der Waals surface area contributed by atoms with Crippen molar-refractivity contribution in [1.29, 1.82) is 5.26 Å². The van der Waals surface area contributed by atoms with Gasteiger partial charge in [0, 0.05) is 17.1 Å². The molecule has 7 heteroatoms. The monoisotopic (exact) mass is 483 g/mol. The van der Waals surface area contributed by atoms with Gasteiger partial charge in [0.15, 0.2) is 0 Å². The first-order valence-corrected chi connectivity index (χ1v) is 11.8. The third-order valence-electron chi connectivity index (χ3n) is 6.06. The normalized spacial score (nSPS) is 11.6. The Kier molecular flexibility index (Phi) is 7.89. The van der Waals surface area contributed by atoms with Gasteiger partial charge in [0.25, 0.3) is 5.91 Å². The minimum atomic E-state index is -0.520. The lowest BCUT2D eigenvalue weighted by Gasteiger charge is -2.18. The predicted molar refractivity (Wildman–Crippen MR) is 139 cm³/mol. The molecule has 2 N–H and O–H groups in total. The molecule has 3 aromatic carbocycles. The summed E-state index contributed by atoms with van der Waals surface area (Å²) in [4.78, 5) is 13.4. The minimum Gasteiger partial charge on any atom is -0.497 e. The van der Waals surface area contributed by atoms with E-state index in [-0.39, 0.29) is 19.1 Å². The Morgan fingerprint density at radius 2 is 1.92 bits per heavy atom. The van der Waals surface area contributed by atoms with E-state index in [1.807, 2.05) is 72.3 Å². The molecule has 4 rings (SSSR count). The summed E-state index contributed by atoms with van der Waals surface area (Å²) < 4.78 is 13.0. The number of hydrogen-bond acceptors (Lipinski definition) is 5. The van der Waals surface area contributed by atoms with Crippen molar-refractivity contribution in [3.63, 3.8) is 0 Å². The zero-order valence-corrected chi connectivity index (χ0v) is 20.4. The van der Waals surface area contributed by atoms with Crippen molar-refractivity contribution in [2.24, 2.45) is 0 Å². The average molecular weight is 484 g/mol. The van der Waals surface area contributed by atoms with Crippen LogP contribution >= 0.6 is 0 Å². The van der Waals surface area contributed by atoms with Gasteiger partial charge in [-0.15, -0.1) is 0 Å². The summed E-state index contributed by atoms with van der Waals surface area (Å²) in [5.74, 6) is 0.871. The van der Waals surface area contributed by atoms with E-state index in [0.717, 1.165) is 33.3 Å². The zero-order valence-electron chi connectivity index (χ0n) is 20.4. The average Bonchev–Trinajstić information content (AvgIpc) is 3.25. The highest BCUT2D eigenvalue weighted by atomic mass is 16.5. The van der Waals surface area contributed by atoms with Crippen molar-refractivity contribution < 1.29 is 19.4 Å². The Balaban J connectivity index is 1.61. The molecule has 0 bridgehead atoms. The number of para-hydroxylation sites is 1. The summed E-state index contributed by atoms with van der Waals surface area (Å²) in [6.45, 7) is 2.28. The number of benzene rings is 3. The molecule has 184 valence electrons. The fourth-order valence-electron chi connectivity index (χ4n) is 4.35. The van der Waals surface area contributed by atoms with Gasteiger partial charge >= 0.3 is 0 Å². The summed E-state index contributed by atoms with van der Waals surface area (Å²) in [6, 6.07) is 22.6. The molecule has 0 saturated heterocycles. The number of carbonyl (C=O) groups excluding carboxylic acids is 1. The number of nitrogens with zero attached hydrogens (tertiary/aromatic N) is 2. The SMILES string of the molecule is CCOc1ccc(-c2cccc(OC)c2)cc1C(=O)NC(CO)Cc1cn(CC#N)c2ccccc12. The Hall–Kier alpha value is -4.28. The van der Waals surface area contributed by atoms with Gasteiger partial charge in [-0.1, -0.05) is 36.4 Å². The second kappa shape index (κ2) is 11.4. The number of methoxy groups -OCH3 is 1. The summed E-state index contributed by atoms with van der Waals surface area (Å²) in [5, 5.41) is 23.3. The molecule has 1 unspecified atom stereocenters. The molecule has 0 saturated carbocycles. The standard InChI is InChI=1S/C29H29N3O4/c1-3-36-28-12-11-21(20-7-6-8-24(16-20)35-2)17-26(28)29(34)31-23(19-33)15-22-18-32(14-13-30)27-10-5-4-9-25(22)27/h4-12,16-18,23,33H,3,14-15,19H2,1-2H3,(H,31,34). The van der Waals surface area contributed by atoms with Gasteiger partial charge in [-0.2, -0.15) is 5.26 Å². The molecule has 7 nitrogen and oxygen atoms in total. The molecule has 1 aromatic heterocycles. The molecule has 1 atom stereocenters. The largest absolute Gasteiger partial charge is 0.497 e. The van der Waals surface area contributed by atoms with Crippen molar-refractivity contribution in [2.75, 3.05) is 20.3 Å². The maximum Gasteiger partial charge on any atom is 0.255 e. The van der Waals surface area contributed by atoms with Crippen LogP contribution in [0, 0.1) is 11.3 Å². The Bertz CT molecular complexity index is 1400. The van der Waals surface area contributed by atoms with E-state index in [1.54, 1.807) is 19.2 Å². The Labute approximate surface area is 210 Å². The van der Waals surface area contributed by atoms with Crippen molar-refractivity contribution in [3.05, 3.63) is 84.1 Å². The number of hydrogen-bond donors (Lipinski definition) is 2. The Morgan fingerprint density at radius 3 is 2.67 bits per heavy atom. The van der Waals surface area contributed by atoms with E-state index in [9.17, 15) is 15.2 Å². The van der Waals surface area contributed by atoms with Crippen LogP contribution in [0.5, 0.6) is 11.5 Å². The molecular weight excluding hydrogens is 454 g/mol. The second-order valence-electron chi connectivity index (χ2n) is 8.39. The lowest BCUT2D eigenvalue weighted by Crippen LogP contribution is -2.39. The summed E-state index contributed by atoms with van der Waals surface area (Å²) >= 11 is 0. The van der Waals surface area contributed by atoms with Crippen LogP contribution in [0.25, 0.3) is 22.0 Å². The number of aliphatic hydroxyl groups excluding tert-OH is 1. The fourth-order valence-corrected chi connectivity index (χ4v) is 4.35. The number of ether oxygens (including phenoxy) is 2. The Morgan fingerprint density at radius 1 is 1.11 bits per heavy atom. The minimum absolute atomic E-state index is 0.228. The molecule has 0 radical (unpaired) electrons. The number of aromatic nitrogens is 1. The first kappa shape index (κ1) is 24.8. The van der Waals surface area contributed by atoms with E-state index in [4.69, 9.17) is 9.47 Å². The topological polar surface area (TPSA) is 96.5 Å². The molecular formula is C29H29N3O4. The number of rotatable bonds is 10. The van der Waals surface area contributed by atoms with Crippen LogP contribution in [0.3, 0.4) is 0 Å². The van der Waals surface area contributed by atoms with Crippen molar-refractivity contribution >= 4 is 16.8 Å².